The summed E-state index contributed by atoms with van der Waals surface area (Å²) in [4.78, 5) is 33.2. The Kier molecular flexibility index (Phi) is 6.87. The average Bonchev–Trinajstić information content (AvgIpc) is 3.43. The van der Waals surface area contributed by atoms with Crippen molar-refractivity contribution in [3.63, 3.8) is 0 Å². The van der Waals surface area contributed by atoms with E-state index >= 15 is 0 Å². The molecule has 0 saturated heterocycles. The minimum absolute atomic E-state index is 0.0162. The first-order valence-corrected chi connectivity index (χ1v) is 11.1. The molecular formula is C21H15Cl2N5O4S. The van der Waals surface area contributed by atoms with Gasteiger partial charge < -0.3 is 9.26 Å². The van der Waals surface area contributed by atoms with Gasteiger partial charge in [-0.1, -0.05) is 28.4 Å². The number of hydrogen-bond acceptors (Lipinski definition) is 8. The van der Waals surface area contributed by atoms with Gasteiger partial charge in [-0.05, 0) is 43.3 Å². The van der Waals surface area contributed by atoms with Crippen LogP contribution in [0.25, 0.3) is 11.3 Å². The van der Waals surface area contributed by atoms with Crippen molar-refractivity contribution < 1.29 is 18.8 Å². The SMILES string of the molecule is Cc1onc(C(=O)NNC(=O)c2ccc(Cl)nc2)c1-c1csc(COc2ccc(Cl)cc2)n1. The highest BCUT2D eigenvalue weighted by Crippen LogP contribution is 2.29. The molecule has 0 bridgehead atoms. The number of halogens is 2. The van der Waals surface area contributed by atoms with Crippen LogP contribution in [0.5, 0.6) is 5.75 Å². The number of nitrogens with one attached hydrogen (secondary N) is 2. The van der Waals surface area contributed by atoms with Gasteiger partial charge in [0.1, 0.15) is 28.3 Å². The van der Waals surface area contributed by atoms with E-state index in [2.05, 4.69) is 26.0 Å². The summed E-state index contributed by atoms with van der Waals surface area (Å²) in [6, 6.07) is 9.94. The molecule has 33 heavy (non-hydrogen) atoms. The standard InChI is InChI=1S/C21H15Cl2N5O4S/c1-11-18(15-10-33-17(25-15)9-31-14-5-3-13(22)4-6-14)19(28-32-11)21(30)27-26-20(29)12-2-7-16(23)24-8-12/h2-8,10H,9H2,1H3,(H,26,29)(H,27,30). The molecule has 0 aliphatic heterocycles. The second kappa shape index (κ2) is 9.99. The first-order valence-electron chi connectivity index (χ1n) is 9.42. The molecule has 0 aliphatic carbocycles. The summed E-state index contributed by atoms with van der Waals surface area (Å²) in [5.41, 5.74) is 5.75. The Bertz CT molecular complexity index is 1290. The number of amides is 2. The van der Waals surface area contributed by atoms with E-state index in [0.717, 1.165) is 0 Å². The van der Waals surface area contributed by atoms with Crippen LogP contribution in [0.1, 0.15) is 31.6 Å². The van der Waals surface area contributed by atoms with E-state index in [4.69, 9.17) is 32.5 Å². The topological polar surface area (TPSA) is 119 Å². The van der Waals surface area contributed by atoms with Crippen molar-refractivity contribution in [1.82, 2.24) is 26.0 Å². The Morgan fingerprint density at radius 3 is 2.58 bits per heavy atom. The fourth-order valence-corrected chi connectivity index (χ4v) is 3.69. The fraction of sp³-hybridized carbons (Fsp3) is 0.0952. The summed E-state index contributed by atoms with van der Waals surface area (Å²) in [6.45, 7) is 1.91. The average molecular weight is 504 g/mol. The van der Waals surface area contributed by atoms with Gasteiger partial charge in [-0.3, -0.25) is 20.4 Å². The number of benzene rings is 1. The molecule has 12 heteroatoms. The Labute approximate surface area is 201 Å². The van der Waals surface area contributed by atoms with Crippen LogP contribution in [0.4, 0.5) is 0 Å². The Hall–Kier alpha value is -3.47. The van der Waals surface area contributed by atoms with Crippen LogP contribution < -0.4 is 15.6 Å². The summed E-state index contributed by atoms with van der Waals surface area (Å²) in [7, 11) is 0. The van der Waals surface area contributed by atoms with E-state index in [9.17, 15) is 9.59 Å². The Morgan fingerprint density at radius 2 is 1.85 bits per heavy atom. The predicted molar refractivity (Wildman–Crippen MR) is 122 cm³/mol. The molecule has 0 unspecified atom stereocenters. The monoisotopic (exact) mass is 503 g/mol. The number of rotatable bonds is 6. The normalized spacial score (nSPS) is 10.6. The van der Waals surface area contributed by atoms with Crippen LogP contribution in [0, 0.1) is 6.92 Å². The number of carbonyl (C=O) groups excluding carboxylic acids is 2. The van der Waals surface area contributed by atoms with Crippen LogP contribution >= 0.6 is 34.5 Å². The molecule has 2 amide bonds. The quantitative estimate of drug-likeness (QED) is 0.294. The van der Waals surface area contributed by atoms with Gasteiger partial charge in [-0.15, -0.1) is 11.3 Å². The van der Waals surface area contributed by atoms with Crippen molar-refractivity contribution >= 4 is 46.4 Å². The predicted octanol–water partition coefficient (Wildman–Crippen LogP) is 4.46. The Morgan fingerprint density at radius 1 is 1.09 bits per heavy atom. The van der Waals surface area contributed by atoms with Crippen LogP contribution in [-0.2, 0) is 6.61 Å². The lowest BCUT2D eigenvalue weighted by atomic mass is 10.1. The molecule has 0 atom stereocenters. The number of aryl methyl sites for hydroxylation is 1. The van der Waals surface area contributed by atoms with E-state index in [1.54, 1.807) is 36.6 Å². The molecule has 0 radical (unpaired) electrons. The minimum Gasteiger partial charge on any atom is -0.486 e. The van der Waals surface area contributed by atoms with Gasteiger partial charge in [0.25, 0.3) is 11.8 Å². The number of aromatic nitrogens is 3. The van der Waals surface area contributed by atoms with Gasteiger partial charge in [-0.25, -0.2) is 9.97 Å². The number of ether oxygens (including phenoxy) is 1. The van der Waals surface area contributed by atoms with Crippen molar-refractivity contribution in [2.45, 2.75) is 13.5 Å². The molecule has 3 aromatic heterocycles. The van der Waals surface area contributed by atoms with Crippen molar-refractivity contribution in [3.05, 3.63) is 80.2 Å². The summed E-state index contributed by atoms with van der Waals surface area (Å²) in [5.74, 6) is -0.165. The molecule has 4 aromatic rings. The first-order chi connectivity index (χ1) is 15.9. The zero-order valence-corrected chi connectivity index (χ0v) is 19.3. The fourth-order valence-electron chi connectivity index (χ4n) is 2.75. The number of nitrogens with zero attached hydrogens (tertiary/aromatic N) is 3. The zero-order chi connectivity index (χ0) is 23.4. The highest BCUT2D eigenvalue weighted by molar-refractivity contribution is 7.09. The zero-order valence-electron chi connectivity index (χ0n) is 17.0. The van der Waals surface area contributed by atoms with Crippen LogP contribution in [-0.4, -0.2) is 26.9 Å². The third-order valence-electron chi connectivity index (χ3n) is 4.34. The van der Waals surface area contributed by atoms with Gasteiger partial charge in [0.15, 0.2) is 5.69 Å². The molecule has 168 valence electrons. The summed E-state index contributed by atoms with van der Waals surface area (Å²) < 4.78 is 10.9. The number of carbonyl (C=O) groups is 2. The van der Waals surface area contributed by atoms with Crippen molar-refractivity contribution in [1.29, 1.82) is 0 Å². The van der Waals surface area contributed by atoms with E-state index in [-0.39, 0.29) is 23.0 Å². The molecule has 4 rings (SSSR count). The van der Waals surface area contributed by atoms with Crippen LogP contribution in [0.3, 0.4) is 0 Å². The smallest absolute Gasteiger partial charge is 0.292 e. The maximum Gasteiger partial charge on any atom is 0.292 e. The Balaban J connectivity index is 1.43. The molecule has 3 heterocycles. The molecule has 0 fully saturated rings. The van der Waals surface area contributed by atoms with E-state index in [1.807, 2.05) is 0 Å². The van der Waals surface area contributed by atoms with Gasteiger partial charge in [0, 0.05) is 16.6 Å². The summed E-state index contributed by atoms with van der Waals surface area (Å²) in [6.07, 6.45) is 1.29. The molecule has 2 N–H and O–H groups in total. The third-order valence-corrected chi connectivity index (χ3v) is 5.64. The molecule has 0 saturated carbocycles. The third kappa shape index (κ3) is 5.48. The van der Waals surface area contributed by atoms with Gasteiger partial charge in [-0.2, -0.15) is 0 Å². The second-order valence-corrected chi connectivity index (χ2v) is 8.38. The molecular weight excluding hydrogens is 489 g/mol. The number of thiazole rings is 1. The maximum absolute atomic E-state index is 12.6. The highest BCUT2D eigenvalue weighted by atomic mass is 35.5. The van der Waals surface area contributed by atoms with Crippen molar-refractivity contribution in [3.8, 4) is 17.0 Å². The second-order valence-electron chi connectivity index (χ2n) is 6.61. The van der Waals surface area contributed by atoms with Crippen molar-refractivity contribution in [2.24, 2.45) is 0 Å². The van der Waals surface area contributed by atoms with Crippen LogP contribution in [0.2, 0.25) is 10.2 Å². The van der Waals surface area contributed by atoms with Gasteiger partial charge >= 0.3 is 0 Å². The molecule has 9 nitrogen and oxygen atoms in total. The van der Waals surface area contributed by atoms with E-state index < -0.39 is 11.8 Å². The van der Waals surface area contributed by atoms with Gasteiger partial charge in [0.2, 0.25) is 0 Å². The summed E-state index contributed by atoms with van der Waals surface area (Å²) >= 11 is 13.0. The van der Waals surface area contributed by atoms with Crippen molar-refractivity contribution in [2.75, 3.05) is 0 Å². The highest BCUT2D eigenvalue weighted by Gasteiger charge is 2.24. The molecule has 1 aromatic carbocycles. The van der Waals surface area contributed by atoms with Crippen LogP contribution in [0.15, 0.2) is 52.5 Å². The summed E-state index contributed by atoms with van der Waals surface area (Å²) in [5, 5.41) is 7.15. The number of hydrogen-bond donors (Lipinski definition) is 2. The maximum atomic E-state index is 12.6. The first kappa shape index (κ1) is 22.7. The number of hydrazine groups is 1. The lowest BCUT2D eigenvalue weighted by Gasteiger charge is -2.06. The lowest BCUT2D eigenvalue weighted by molar-refractivity contribution is 0.0841. The van der Waals surface area contributed by atoms with E-state index in [1.165, 1.54) is 29.7 Å². The minimum atomic E-state index is -0.663. The number of pyridine rings is 1. The molecule has 0 spiro atoms. The lowest BCUT2D eigenvalue weighted by Crippen LogP contribution is -2.42. The van der Waals surface area contributed by atoms with Gasteiger partial charge in [0.05, 0.1) is 16.8 Å². The largest absolute Gasteiger partial charge is 0.486 e. The molecule has 0 aliphatic rings. The van der Waals surface area contributed by atoms with E-state index in [0.29, 0.717) is 32.8 Å².